The Balaban J connectivity index is 1.38. The highest BCUT2D eigenvalue weighted by Gasteiger charge is 2.12. The van der Waals surface area contributed by atoms with Crippen LogP contribution in [0.15, 0.2) is 60.9 Å². The Hall–Kier alpha value is -3.12. The molecule has 0 aliphatic heterocycles. The summed E-state index contributed by atoms with van der Waals surface area (Å²) in [4.78, 5) is 15.5. The number of nitrogens with one attached hydrogen (secondary N) is 2. The number of carbonyl (C=O) groups is 1. The van der Waals surface area contributed by atoms with Crippen molar-refractivity contribution in [1.29, 1.82) is 0 Å². The molecule has 0 atom stereocenters. The second-order valence-corrected chi connectivity index (χ2v) is 6.97. The lowest BCUT2D eigenvalue weighted by Gasteiger charge is -2.03. The fourth-order valence-corrected chi connectivity index (χ4v) is 3.36. The highest BCUT2D eigenvalue weighted by Crippen LogP contribution is 2.22. The van der Waals surface area contributed by atoms with E-state index < -0.39 is 0 Å². The van der Waals surface area contributed by atoms with E-state index in [4.69, 9.17) is 11.6 Å². The van der Waals surface area contributed by atoms with Crippen molar-refractivity contribution in [3.05, 3.63) is 82.9 Å². The largest absolute Gasteiger partial charge is 0.361 e. The second-order valence-electron chi connectivity index (χ2n) is 6.56. The van der Waals surface area contributed by atoms with Gasteiger partial charge in [0.15, 0.2) is 5.82 Å². The first-order valence-corrected chi connectivity index (χ1v) is 9.28. The number of fused-ring (bicyclic) bond motifs is 1. The highest BCUT2D eigenvalue weighted by molar-refractivity contribution is 6.33. The molecule has 7 heteroatoms. The van der Waals surface area contributed by atoms with Crippen LogP contribution in [0.3, 0.4) is 0 Å². The number of hydrogen-bond donors (Lipinski definition) is 2. The summed E-state index contributed by atoms with van der Waals surface area (Å²) in [6, 6.07) is 14.3. The third kappa shape index (κ3) is 4.07. The molecule has 4 aromatic rings. The van der Waals surface area contributed by atoms with Gasteiger partial charge in [0.1, 0.15) is 10.8 Å². The molecule has 4 rings (SSSR count). The number of aromatic amines is 1. The lowest BCUT2D eigenvalue weighted by molar-refractivity contribution is -0.116. The Labute approximate surface area is 166 Å². The molecule has 142 valence electrons. The molecular formula is C21H18ClFN4O. The molecule has 2 aromatic carbocycles. The Bertz CT molecular complexity index is 1130. The van der Waals surface area contributed by atoms with Crippen molar-refractivity contribution >= 4 is 34.2 Å². The predicted molar refractivity (Wildman–Crippen MR) is 108 cm³/mol. The van der Waals surface area contributed by atoms with E-state index in [0.717, 1.165) is 22.0 Å². The number of H-pyrrole nitrogens is 1. The summed E-state index contributed by atoms with van der Waals surface area (Å²) in [7, 11) is 0. The normalized spacial score (nSPS) is 11.1. The van der Waals surface area contributed by atoms with E-state index in [9.17, 15) is 9.18 Å². The average Bonchev–Trinajstić information content (AvgIpc) is 3.23. The summed E-state index contributed by atoms with van der Waals surface area (Å²) < 4.78 is 14.9. The standard InChI is InChI=1S/C21H18ClFN4O/c22-18-13-27(12-14-4-3-5-16(23)10-14)26-21(18)25-20(28)9-8-15-11-24-19-7-2-1-6-17(15)19/h1-7,10-11,13,24H,8-9,12H2,(H,25,26,28). The Morgan fingerprint density at radius 3 is 2.93 bits per heavy atom. The number of nitrogens with zero attached hydrogens (tertiary/aromatic N) is 2. The third-order valence-electron chi connectivity index (χ3n) is 4.50. The maximum Gasteiger partial charge on any atom is 0.225 e. The second kappa shape index (κ2) is 7.86. The van der Waals surface area contributed by atoms with Crippen LogP contribution in [-0.4, -0.2) is 20.7 Å². The smallest absolute Gasteiger partial charge is 0.225 e. The minimum atomic E-state index is -0.304. The zero-order chi connectivity index (χ0) is 19.5. The van der Waals surface area contributed by atoms with Crippen LogP contribution in [0.4, 0.5) is 10.2 Å². The van der Waals surface area contributed by atoms with E-state index in [1.165, 1.54) is 12.1 Å². The van der Waals surface area contributed by atoms with Crippen LogP contribution in [0.2, 0.25) is 5.02 Å². The number of anilines is 1. The zero-order valence-electron chi connectivity index (χ0n) is 15.0. The first kappa shape index (κ1) is 18.3. The molecule has 1 amide bonds. The van der Waals surface area contributed by atoms with Gasteiger partial charge in [-0.15, -0.1) is 0 Å². The first-order valence-electron chi connectivity index (χ1n) is 8.91. The van der Waals surface area contributed by atoms with Gasteiger partial charge in [-0.25, -0.2) is 4.39 Å². The SMILES string of the molecule is O=C(CCc1c[nH]c2ccccc12)Nc1nn(Cc2cccc(F)c2)cc1Cl. The monoisotopic (exact) mass is 396 g/mol. The van der Waals surface area contributed by atoms with Crippen LogP contribution in [0, 0.1) is 5.82 Å². The van der Waals surface area contributed by atoms with Crippen molar-refractivity contribution in [1.82, 2.24) is 14.8 Å². The van der Waals surface area contributed by atoms with Gasteiger partial charge < -0.3 is 10.3 Å². The number of carbonyl (C=O) groups excluding carboxylic acids is 1. The quantitative estimate of drug-likeness (QED) is 0.492. The van der Waals surface area contributed by atoms with Gasteiger partial charge in [-0.1, -0.05) is 41.9 Å². The Kier molecular flexibility index (Phi) is 5.12. The van der Waals surface area contributed by atoms with Gasteiger partial charge in [0.05, 0.1) is 6.54 Å². The van der Waals surface area contributed by atoms with E-state index in [1.807, 2.05) is 30.5 Å². The lowest BCUT2D eigenvalue weighted by atomic mass is 10.1. The predicted octanol–water partition coefficient (Wildman–Crippen LogP) is 4.78. The number of halogens is 2. The number of hydrogen-bond acceptors (Lipinski definition) is 2. The molecule has 0 spiro atoms. The summed E-state index contributed by atoms with van der Waals surface area (Å²) in [6.45, 7) is 0.364. The van der Waals surface area contributed by atoms with E-state index in [1.54, 1.807) is 23.0 Å². The van der Waals surface area contributed by atoms with Crippen LogP contribution in [0.1, 0.15) is 17.5 Å². The van der Waals surface area contributed by atoms with Crippen LogP contribution < -0.4 is 5.32 Å². The molecule has 0 radical (unpaired) electrons. The average molecular weight is 397 g/mol. The Morgan fingerprint density at radius 1 is 1.21 bits per heavy atom. The minimum Gasteiger partial charge on any atom is -0.361 e. The van der Waals surface area contributed by atoms with Gasteiger partial charge in [0, 0.05) is 29.7 Å². The van der Waals surface area contributed by atoms with Crippen molar-refractivity contribution in [2.24, 2.45) is 0 Å². The van der Waals surface area contributed by atoms with E-state index in [-0.39, 0.29) is 11.7 Å². The van der Waals surface area contributed by atoms with Crippen LogP contribution in [0.5, 0.6) is 0 Å². The van der Waals surface area contributed by atoms with Crippen molar-refractivity contribution in [3.63, 3.8) is 0 Å². The molecule has 5 nitrogen and oxygen atoms in total. The molecule has 0 saturated carbocycles. The summed E-state index contributed by atoms with van der Waals surface area (Å²) in [6.07, 6.45) is 4.47. The maximum absolute atomic E-state index is 13.3. The van der Waals surface area contributed by atoms with Crippen LogP contribution in [0.25, 0.3) is 10.9 Å². The van der Waals surface area contributed by atoms with Gasteiger partial charge in [-0.05, 0) is 35.7 Å². The molecular weight excluding hydrogens is 379 g/mol. The number of benzene rings is 2. The third-order valence-corrected chi connectivity index (χ3v) is 4.78. The van der Waals surface area contributed by atoms with E-state index >= 15 is 0 Å². The molecule has 2 N–H and O–H groups in total. The summed E-state index contributed by atoms with van der Waals surface area (Å²) in [5, 5.41) is 8.51. The molecule has 0 unspecified atom stereocenters. The van der Waals surface area contributed by atoms with Crippen LogP contribution in [-0.2, 0) is 17.8 Å². The minimum absolute atomic E-state index is 0.164. The van der Waals surface area contributed by atoms with Crippen LogP contribution >= 0.6 is 11.6 Å². The van der Waals surface area contributed by atoms with E-state index in [0.29, 0.717) is 30.2 Å². The molecule has 2 heterocycles. The molecule has 0 saturated heterocycles. The fourth-order valence-electron chi connectivity index (χ4n) is 3.17. The summed E-state index contributed by atoms with van der Waals surface area (Å²) in [5.41, 5.74) is 2.90. The maximum atomic E-state index is 13.3. The van der Waals surface area contributed by atoms with Crippen molar-refractivity contribution in [2.75, 3.05) is 5.32 Å². The first-order chi connectivity index (χ1) is 13.6. The zero-order valence-corrected chi connectivity index (χ0v) is 15.7. The molecule has 0 bridgehead atoms. The molecule has 28 heavy (non-hydrogen) atoms. The number of aromatic nitrogens is 3. The van der Waals surface area contributed by atoms with Gasteiger partial charge in [-0.3, -0.25) is 9.48 Å². The topological polar surface area (TPSA) is 62.7 Å². The molecule has 2 aromatic heterocycles. The van der Waals surface area contributed by atoms with E-state index in [2.05, 4.69) is 15.4 Å². The van der Waals surface area contributed by atoms with Gasteiger partial charge in [0.25, 0.3) is 0 Å². The van der Waals surface area contributed by atoms with Gasteiger partial charge >= 0.3 is 0 Å². The fraction of sp³-hybridized carbons (Fsp3) is 0.143. The van der Waals surface area contributed by atoms with Crippen molar-refractivity contribution in [3.8, 4) is 0 Å². The summed E-state index contributed by atoms with van der Waals surface area (Å²) >= 11 is 6.19. The van der Waals surface area contributed by atoms with Crippen molar-refractivity contribution < 1.29 is 9.18 Å². The number of amides is 1. The summed E-state index contributed by atoms with van der Waals surface area (Å²) in [5.74, 6) is -0.160. The Morgan fingerprint density at radius 2 is 2.07 bits per heavy atom. The number of rotatable bonds is 6. The van der Waals surface area contributed by atoms with Gasteiger partial charge in [-0.2, -0.15) is 5.10 Å². The molecule has 0 fully saturated rings. The molecule has 0 aliphatic rings. The number of aryl methyl sites for hydroxylation is 1. The number of para-hydroxylation sites is 1. The lowest BCUT2D eigenvalue weighted by Crippen LogP contribution is -2.13. The molecule has 0 aliphatic carbocycles. The van der Waals surface area contributed by atoms with Crippen molar-refractivity contribution in [2.45, 2.75) is 19.4 Å². The van der Waals surface area contributed by atoms with Gasteiger partial charge in [0.2, 0.25) is 5.91 Å². The highest BCUT2D eigenvalue weighted by atomic mass is 35.5.